The van der Waals surface area contributed by atoms with Crippen LogP contribution in [-0.4, -0.2) is 40.0 Å². The molecule has 1 aromatic rings. The van der Waals surface area contributed by atoms with E-state index in [1.807, 2.05) is 0 Å². The van der Waals surface area contributed by atoms with Crippen LogP contribution in [-0.2, 0) is 0 Å². The van der Waals surface area contributed by atoms with Crippen LogP contribution in [0.2, 0.25) is 0 Å². The number of aliphatic hydroxyl groups excluding tert-OH is 1. The van der Waals surface area contributed by atoms with Crippen LogP contribution in [0.1, 0.15) is 12.0 Å². The van der Waals surface area contributed by atoms with Crippen molar-refractivity contribution < 1.29 is 5.11 Å². The predicted octanol–water partition coefficient (Wildman–Crippen LogP) is -0.0706. The van der Waals surface area contributed by atoms with Gasteiger partial charge in [-0.3, -0.25) is 0 Å². The molecule has 0 saturated carbocycles. The van der Waals surface area contributed by atoms with Gasteiger partial charge in [-0.15, -0.1) is 5.10 Å². The molecule has 1 aliphatic heterocycles. The molecule has 0 radical (unpaired) electrons. The summed E-state index contributed by atoms with van der Waals surface area (Å²) in [4.78, 5) is 2.40. The highest BCUT2D eigenvalue weighted by molar-refractivity contribution is 7.80. The first-order valence-electron chi connectivity index (χ1n) is 5.19. The Morgan fingerprint density at radius 2 is 2.50 bits per heavy atom. The highest BCUT2D eigenvalue weighted by Crippen LogP contribution is 2.24. The minimum atomic E-state index is 0.208. The monoisotopic (exact) mass is 238 g/mol. The number of hydrogen-bond donors (Lipinski definition) is 2. The molecule has 1 saturated heterocycles. The first kappa shape index (κ1) is 11.2. The fraction of sp³-hybridized carbons (Fsp3) is 0.500. The molecule has 0 aromatic carbocycles. The van der Waals surface area contributed by atoms with Gasteiger partial charge in [0.05, 0.1) is 11.8 Å². The lowest BCUT2D eigenvalue weighted by Crippen LogP contribution is -2.25. The number of anilines is 1. The van der Waals surface area contributed by atoms with Crippen LogP contribution in [0, 0.1) is 5.92 Å². The van der Waals surface area contributed by atoms with Gasteiger partial charge < -0.3 is 15.7 Å². The zero-order chi connectivity index (χ0) is 11.5. The molecule has 1 unspecified atom stereocenters. The Hall–Kier alpha value is -1.27. The second kappa shape index (κ2) is 4.71. The highest BCUT2D eigenvalue weighted by Gasteiger charge is 2.25. The summed E-state index contributed by atoms with van der Waals surface area (Å²) in [5.41, 5.74) is 6.39. The first-order valence-corrected chi connectivity index (χ1v) is 5.60. The van der Waals surface area contributed by atoms with Gasteiger partial charge in [-0.2, -0.15) is 5.10 Å². The van der Waals surface area contributed by atoms with Crippen LogP contribution < -0.4 is 10.6 Å². The summed E-state index contributed by atoms with van der Waals surface area (Å²) in [5, 5.41) is 17.0. The van der Waals surface area contributed by atoms with Crippen LogP contribution in [0.15, 0.2) is 12.3 Å². The molecule has 0 amide bonds. The summed E-state index contributed by atoms with van der Waals surface area (Å²) in [6, 6.07) is 1.77. The Bertz CT molecular complexity index is 398. The smallest absolute Gasteiger partial charge is 0.161 e. The third kappa shape index (κ3) is 2.12. The number of nitrogens with zero attached hydrogens (tertiary/aromatic N) is 3. The van der Waals surface area contributed by atoms with Crippen molar-refractivity contribution >= 4 is 23.0 Å². The zero-order valence-electron chi connectivity index (χ0n) is 8.83. The van der Waals surface area contributed by atoms with Gasteiger partial charge in [-0.1, -0.05) is 12.2 Å². The Balaban J connectivity index is 2.24. The number of aromatic nitrogens is 2. The number of thiocarbonyl (C=S) groups is 1. The van der Waals surface area contributed by atoms with Crippen LogP contribution in [0.3, 0.4) is 0 Å². The van der Waals surface area contributed by atoms with Crippen molar-refractivity contribution in [3.8, 4) is 0 Å². The summed E-state index contributed by atoms with van der Waals surface area (Å²) < 4.78 is 0. The summed E-state index contributed by atoms with van der Waals surface area (Å²) in [6.07, 6.45) is 2.54. The Morgan fingerprint density at radius 3 is 3.12 bits per heavy atom. The minimum absolute atomic E-state index is 0.208. The van der Waals surface area contributed by atoms with E-state index in [9.17, 15) is 0 Å². The van der Waals surface area contributed by atoms with E-state index in [0.717, 1.165) is 30.9 Å². The van der Waals surface area contributed by atoms with Crippen LogP contribution >= 0.6 is 12.2 Å². The molecule has 86 valence electrons. The summed E-state index contributed by atoms with van der Waals surface area (Å²) in [6.45, 7) is 1.85. The van der Waals surface area contributed by atoms with Gasteiger partial charge >= 0.3 is 0 Å². The second-order valence-corrected chi connectivity index (χ2v) is 4.36. The molecule has 0 bridgehead atoms. The average Bonchev–Trinajstić information content (AvgIpc) is 2.77. The maximum Gasteiger partial charge on any atom is 0.161 e. The van der Waals surface area contributed by atoms with Gasteiger partial charge in [-0.25, -0.2) is 0 Å². The van der Waals surface area contributed by atoms with E-state index >= 15 is 0 Å². The largest absolute Gasteiger partial charge is 0.396 e. The lowest BCUT2D eigenvalue weighted by atomic mass is 10.1. The zero-order valence-corrected chi connectivity index (χ0v) is 9.65. The van der Waals surface area contributed by atoms with E-state index in [0.29, 0.717) is 10.9 Å². The van der Waals surface area contributed by atoms with Gasteiger partial charge in [0, 0.05) is 25.6 Å². The predicted molar refractivity (Wildman–Crippen MR) is 65.3 cm³/mol. The van der Waals surface area contributed by atoms with Crippen LogP contribution in [0.5, 0.6) is 0 Å². The molecule has 16 heavy (non-hydrogen) atoms. The molecule has 1 aliphatic rings. The molecule has 1 fully saturated rings. The van der Waals surface area contributed by atoms with Gasteiger partial charge in [0.15, 0.2) is 5.82 Å². The van der Waals surface area contributed by atoms with E-state index in [2.05, 4.69) is 15.1 Å². The van der Waals surface area contributed by atoms with Gasteiger partial charge in [-0.05, 0) is 12.5 Å². The number of nitrogens with two attached hydrogens (primary N) is 1. The van der Waals surface area contributed by atoms with E-state index in [1.54, 1.807) is 12.3 Å². The number of hydrogen-bond acceptors (Lipinski definition) is 5. The highest BCUT2D eigenvalue weighted by atomic mass is 32.1. The summed E-state index contributed by atoms with van der Waals surface area (Å²) in [7, 11) is 0. The van der Waals surface area contributed by atoms with Crippen molar-refractivity contribution in [3.63, 3.8) is 0 Å². The molecule has 1 aromatic heterocycles. The molecule has 3 N–H and O–H groups in total. The Kier molecular flexibility index (Phi) is 3.31. The number of aliphatic hydroxyl groups is 1. The summed E-state index contributed by atoms with van der Waals surface area (Å²) >= 11 is 4.98. The molecule has 2 rings (SSSR count). The van der Waals surface area contributed by atoms with Crippen molar-refractivity contribution in [2.45, 2.75) is 6.42 Å². The average molecular weight is 238 g/mol. The third-order valence-electron chi connectivity index (χ3n) is 2.81. The van der Waals surface area contributed by atoms with Crippen molar-refractivity contribution in [2.75, 3.05) is 24.6 Å². The van der Waals surface area contributed by atoms with Crippen LogP contribution in [0.25, 0.3) is 0 Å². The van der Waals surface area contributed by atoms with E-state index in [-0.39, 0.29) is 6.61 Å². The molecule has 6 heteroatoms. The number of rotatable bonds is 3. The maximum absolute atomic E-state index is 9.10. The molecule has 2 heterocycles. The van der Waals surface area contributed by atoms with E-state index in [1.165, 1.54) is 0 Å². The van der Waals surface area contributed by atoms with Crippen molar-refractivity contribution in [2.24, 2.45) is 11.7 Å². The maximum atomic E-state index is 9.10. The molecule has 0 aliphatic carbocycles. The summed E-state index contributed by atoms with van der Waals surface area (Å²) in [5.74, 6) is 1.03. The lowest BCUT2D eigenvalue weighted by molar-refractivity contribution is 0.238. The Morgan fingerprint density at radius 1 is 1.69 bits per heavy atom. The van der Waals surface area contributed by atoms with Crippen molar-refractivity contribution in [3.05, 3.63) is 17.8 Å². The minimum Gasteiger partial charge on any atom is -0.396 e. The first-order chi connectivity index (χ1) is 7.72. The topological polar surface area (TPSA) is 75.3 Å². The standard InChI is InChI=1S/C10H14N4OS/c11-9(16)8-1-3-12-13-10(8)14-4-2-7(5-14)6-15/h1,3,7,15H,2,4-6H2,(H2,11,16). The van der Waals surface area contributed by atoms with E-state index < -0.39 is 0 Å². The second-order valence-electron chi connectivity index (χ2n) is 3.92. The lowest BCUT2D eigenvalue weighted by Gasteiger charge is -2.18. The van der Waals surface area contributed by atoms with Gasteiger partial charge in [0.25, 0.3) is 0 Å². The SMILES string of the molecule is NC(=S)c1ccnnc1N1CCC(CO)C1. The van der Waals surface area contributed by atoms with Crippen LogP contribution in [0.4, 0.5) is 5.82 Å². The molecular weight excluding hydrogens is 224 g/mol. The van der Waals surface area contributed by atoms with E-state index in [4.69, 9.17) is 23.1 Å². The molecule has 1 atom stereocenters. The quantitative estimate of drug-likeness (QED) is 0.718. The van der Waals surface area contributed by atoms with Gasteiger partial charge in [0.1, 0.15) is 4.99 Å². The normalized spacial score (nSPS) is 20.1. The van der Waals surface area contributed by atoms with Crippen molar-refractivity contribution in [1.29, 1.82) is 0 Å². The molecule has 0 spiro atoms. The van der Waals surface area contributed by atoms with Gasteiger partial charge in [0.2, 0.25) is 0 Å². The molecule has 5 nitrogen and oxygen atoms in total. The third-order valence-corrected chi connectivity index (χ3v) is 3.03. The van der Waals surface area contributed by atoms with Crippen molar-refractivity contribution in [1.82, 2.24) is 10.2 Å². The fourth-order valence-corrected chi connectivity index (χ4v) is 2.08. The fourth-order valence-electron chi connectivity index (χ4n) is 1.92. The molecular formula is C10H14N4OS. The Labute approximate surface area is 99.3 Å².